The Bertz CT molecular complexity index is 1020. The maximum absolute atomic E-state index is 13.0. The summed E-state index contributed by atoms with van der Waals surface area (Å²) in [5.74, 6) is 0.176. The predicted molar refractivity (Wildman–Crippen MR) is 119 cm³/mol. The number of hydrogen-bond donors (Lipinski definition) is 3. The average molecular weight is 464 g/mol. The number of carbonyl (C=O) groups is 2. The van der Waals surface area contributed by atoms with Gasteiger partial charge in [-0.05, 0) is 35.2 Å². The molecule has 174 valence electrons. The van der Waals surface area contributed by atoms with Gasteiger partial charge in [-0.2, -0.15) is 4.31 Å². The van der Waals surface area contributed by atoms with E-state index < -0.39 is 22.0 Å². The molecule has 0 aliphatic carbocycles. The third kappa shape index (κ3) is 6.18. The Morgan fingerprint density at radius 2 is 1.75 bits per heavy atom. The third-order valence-corrected chi connectivity index (χ3v) is 7.37. The molecule has 1 aliphatic heterocycles. The molecule has 1 aliphatic rings. The number of nitrogens with zero attached hydrogens (tertiary/aromatic N) is 1. The van der Waals surface area contributed by atoms with Gasteiger partial charge in [-0.1, -0.05) is 32.9 Å². The molecular weight excluding hydrogens is 432 g/mol. The first-order valence-electron chi connectivity index (χ1n) is 10.6. The number of carbonyl (C=O) groups excluding carboxylic acids is 2. The van der Waals surface area contributed by atoms with Crippen LogP contribution in [0.2, 0.25) is 0 Å². The van der Waals surface area contributed by atoms with Crippen LogP contribution in [-0.2, 0) is 26.8 Å². The highest BCUT2D eigenvalue weighted by Gasteiger charge is 2.31. The van der Waals surface area contributed by atoms with Gasteiger partial charge in [0.25, 0.3) is 5.91 Å². The van der Waals surface area contributed by atoms with E-state index in [1.54, 1.807) is 24.3 Å². The molecule has 3 N–H and O–H groups in total. The minimum Gasteiger partial charge on any atom is -0.467 e. The SMILES string of the molecule is CC(C)(C)c1ccc(S(=O)(=O)N2CC[NH+](CC(=O)NC(=O)NCc3ccco3)CC2)cc1. The first kappa shape index (κ1) is 24.0. The Hall–Kier alpha value is -2.69. The zero-order valence-corrected chi connectivity index (χ0v) is 19.5. The highest BCUT2D eigenvalue weighted by Crippen LogP contribution is 2.24. The van der Waals surface area contributed by atoms with Crippen molar-refractivity contribution in [1.82, 2.24) is 14.9 Å². The molecule has 1 saturated heterocycles. The van der Waals surface area contributed by atoms with Crippen molar-refractivity contribution < 1.29 is 27.3 Å². The second-order valence-corrected chi connectivity index (χ2v) is 10.9. The Morgan fingerprint density at radius 1 is 1.09 bits per heavy atom. The van der Waals surface area contributed by atoms with Crippen molar-refractivity contribution in [3.63, 3.8) is 0 Å². The predicted octanol–water partition coefficient (Wildman–Crippen LogP) is 0.492. The van der Waals surface area contributed by atoms with Crippen molar-refractivity contribution in [1.29, 1.82) is 0 Å². The maximum Gasteiger partial charge on any atom is 0.321 e. The number of hydrogen-bond acceptors (Lipinski definition) is 5. The number of imide groups is 1. The zero-order valence-electron chi connectivity index (χ0n) is 18.7. The van der Waals surface area contributed by atoms with Gasteiger partial charge in [0.2, 0.25) is 10.0 Å². The number of rotatable bonds is 6. The van der Waals surface area contributed by atoms with Gasteiger partial charge in [0.05, 0.1) is 43.9 Å². The maximum atomic E-state index is 13.0. The molecule has 3 rings (SSSR count). The lowest BCUT2D eigenvalue weighted by Gasteiger charge is -2.31. The number of amides is 3. The van der Waals surface area contributed by atoms with Gasteiger partial charge < -0.3 is 14.6 Å². The summed E-state index contributed by atoms with van der Waals surface area (Å²) in [6.45, 7) is 8.13. The van der Waals surface area contributed by atoms with E-state index in [1.165, 1.54) is 10.6 Å². The normalized spacial score (nSPS) is 16.0. The van der Waals surface area contributed by atoms with E-state index in [4.69, 9.17) is 4.42 Å². The second kappa shape index (κ2) is 9.85. The van der Waals surface area contributed by atoms with Crippen LogP contribution in [0.25, 0.3) is 0 Å². The van der Waals surface area contributed by atoms with Gasteiger partial charge in [0, 0.05) is 0 Å². The van der Waals surface area contributed by atoms with Crippen LogP contribution in [0, 0.1) is 0 Å². The third-order valence-electron chi connectivity index (χ3n) is 5.45. The zero-order chi connectivity index (χ0) is 23.4. The van der Waals surface area contributed by atoms with Crippen molar-refractivity contribution in [2.75, 3.05) is 32.7 Å². The van der Waals surface area contributed by atoms with Crippen LogP contribution in [-0.4, -0.2) is 57.4 Å². The Balaban J connectivity index is 1.46. The summed E-state index contributed by atoms with van der Waals surface area (Å²) in [6.07, 6.45) is 1.50. The summed E-state index contributed by atoms with van der Waals surface area (Å²) in [6, 6.07) is 9.87. The molecule has 32 heavy (non-hydrogen) atoms. The first-order chi connectivity index (χ1) is 15.1. The summed E-state index contributed by atoms with van der Waals surface area (Å²) in [4.78, 5) is 25.2. The number of benzene rings is 1. The standard InChI is InChI=1S/C22H30N4O5S/c1-22(2,3)17-6-8-19(9-7-17)32(29,30)26-12-10-25(11-13-26)16-20(27)24-21(28)23-15-18-5-4-14-31-18/h4-9,14H,10-13,15-16H2,1-3H3,(H2,23,24,27,28)/p+1. The highest BCUT2D eigenvalue weighted by atomic mass is 32.2. The van der Waals surface area contributed by atoms with Crippen LogP contribution in [0.5, 0.6) is 0 Å². The molecule has 3 amide bonds. The lowest BCUT2D eigenvalue weighted by molar-refractivity contribution is -0.895. The number of urea groups is 1. The molecule has 0 saturated carbocycles. The highest BCUT2D eigenvalue weighted by molar-refractivity contribution is 7.89. The van der Waals surface area contributed by atoms with Crippen LogP contribution >= 0.6 is 0 Å². The molecule has 1 aromatic carbocycles. The molecule has 10 heteroatoms. The van der Waals surface area contributed by atoms with E-state index >= 15 is 0 Å². The molecule has 0 bridgehead atoms. The lowest BCUT2D eigenvalue weighted by Crippen LogP contribution is -3.15. The van der Waals surface area contributed by atoms with Crippen LogP contribution in [0.1, 0.15) is 32.1 Å². The molecule has 2 heterocycles. The quantitative estimate of drug-likeness (QED) is 0.577. The monoisotopic (exact) mass is 463 g/mol. The van der Waals surface area contributed by atoms with Crippen LogP contribution in [0.4, 0.5) is 4.79 Å². The minimum absolute atomic E-state index is 0.0481. The second-order valence-electron chi connectivity index (χ2n) is 8.92. The van der Waals surface area contributed by atoms with Gasteiger partial charge in [-0.3, -0.25) is 10.1 Å². The largest absolute Gasteiger partial charge is 0.467 e. The van der Waals surface area contributed by atoms with E-state index in [2.05, 4.69) is 31.4 Å². The van der Waals surface area contributed by atoms with Gasteiger partial charge >= 0.3 is 6.03 Å². The topological polar surface area (TPSA) is 113 Å². The fourth-order valence-corrected chi connectivity index (χ4v) is 4.96. The van der Waals surface area contributed by atoms with Gasteiger partial charge in [0.1, 0.15) is 5.76 Å². The van der Waals surface area contributed by atoms with Crippen molar-refractivity contribution in [3.05, 3.63) is 54.0 Å². The molecule has 1 fully saturated rings. The Labute approximate surface area is 188 Å². The fraction of sp³-hybridized carbons (Fsp3) is 0.455. The first-order valence-corrected chi connectivity index (χ1v) is 12.0. The summed E-state index contributed by atoms with van der Waals surface area (Å²) in [5, 5.41) is 4.84. The number of sulfonamides is 1. The van der Waals surface area contributed by atoms with E-state index in [0.29, 0.717) is 31.9 Å². The van der Waals surface area contributed by atoms with Gasteiger partial charge in [-0.15, -0.1) is 0 Å². The molecule has 2 aromatic rings. The van der Waals surface area contributed by atoms with Crippen molar-refractivity contribution in [3.8, 4) is 0 Å². The van der Waals surface area contributed by atoms with Crippen molar-refractivity contribution in [2.45, 2.75) is 37.6 Å². The molecular formula is C22H31N4O5S+. The fourth-order valence-electron chi connectivity index (χ4n) is 3.52. The number of furan rings is 1. The number of nitrogens with one attached hydrogen (secondary N) is 3. The summed E-state index contributed by atoms with van der Waals surface area (Å²) in [7, 11) is -3.58. The van der Waals surface area contributed by atoms with E-state index in [9.17, 15) is 18.0 Å². The van der Waals surface area contributed by atoms with E-state index in [-0.39, 0.29) is 23.4 Å². The molecule has 9 nitrogen and oxygen atoms in total. The molecule has 0 atom stereocenters. The van der Waals surface area contributed by atoms with E-state index in [0.717, 1.165) is 10.5 Å². The molecule has 1 aromatic heterocycles. The van der Waals surface area contributed by atoms with E-state index in [1.807, 2.05) is 12.1 Å². The van der Waals surface area contributed by atoms with Gasteiger partial charge in [0.15, 0.2) is 6.54 Å². The van der Waals surface area contributed by atoms with Crippen molar-refractivity contribution in [2.24, 2.45) is 0 Å². The van der Waals surface area contributed by atoms with Crippen molar-refractivity contribution >= 4 is 22.0 Å². The average Bonchev–Trinajstić information content (AvgIpc) is 3.26. The summed E-state index contributed by atoms with van der Waals surface area (Å²) >= 11 is 0. The summed E-state index contributed by atoms with van der Waals surface area (Å²) < 4.78 is 32.5. The minimum atomic E-state index is -3.58. The molecule has 0 unspecified atom stereocenters. The Morgan fingerprint density at radius 3 is 2.31 bits per heavy atom. The molecule has 0 radical (unpaired) electrons. The molecule has 0 spiro atoms. The lowest BCUT2D eigenvalue weighted by atomic mass is 9.87. The number of quaternary nitrogens is 1. The van der Waals surface area contributed by atoms with Gasteiger partial charge in [-0.25, -0.2) is 13.2 Å². The summed E-state index contributed by atoms with van der Waals surface area (Å²) in [5.41, 5.74) is 1.03. The van der Waals surface area contributed by atoms with Crippen LogP contribution < -0.4 is 15.5 Å². The smallest absolute Gasteiger partial charge is 0.321 e. The van der Waals surface area contributed by atoms with Crippen LogP contribution in [0.3, 0.4) is 0 Å². The Kier molecular flexibility index (Phi) is 7.37. The number of piperazine rings is 1. The van der Waals surface area contributed by atoms with Crippen LogP contribution in [0.15, 0.2) is 52.0 Å².